The molecule has 12 heteroatoms. The number of imidazole rings is 1. The van der Waals surface area contributed by atoms with Gasteiger partial charge in [-0.05, 0) is 60.5 Å². The van der Waals surface area contributed by atoms with E-state index in [1.807, 2.05) is 35.9 Å². The van der Waals surface area contributed by atoms with Crippen molar-refractivity contribution in [2.45, 2.75) is 37.8 Å². The summed E-state index contributed by atoms with van der Waals surface area (Å²) in [6, 6.07) is 21.3. The Bertz CT molecular complexity index is 1600. The number of rotatable bonds is 11. The molecule has 4 aromatic rings. The van der Waals surface area contributed by atoms with E-state index >= 15 is 0 Å². The number of hydrogen-bond acceptors (Lipinski definition) is 7. The normalized spacial score (nSPS) is 20.5. The fourth-order valence-corrected chi connectivity index (χ4v) is 6.60. The Kier molecular flexibility index (Phi) is 9.89. The van der Waals surface area contributed by atoms with Crippen LogP contribution in [0.2, 0.25) is 10.0 Å². The molecule has 3 unspecified atom stereocenters. The van der Waals surface area contributed by atoms with Gasteiger partial charge in [-0.1, -0.05) is 48.3 Å². The van der Waals surface area contributed by atoms with Gasteiger partial charge in [0.1, 0.15) is 18.5 Å². The number of anilines is 2. The number of carbonyl (C=O) groups is 1. The molecule has 242 valence electrons. The van der Waals surface area contributed by atoms with Gasteiger partial charge in [-0.2, -0.15) is 0 Å². The third-order valence-electron chi connectivity index (χ3n) is 8.45. The number of carbonyl (C=O) groups excluding carboxylic acids is 1. The summed E-state index contributed by atoms with van der Waals surface area (Å²) >= 11 is 12.8. The Hall–Kier alpha value is -3.96. The van der Waals surface area contributed by atoms with Crippen LogP contribution in [0.15, 0.2) is 85.5 Å². The van der Waals surface area contributed by atoms with Gasteiger partial charge in [0.05, 0.1) is 30.5 Å². The first kappa shape index (κ1) is 32.0. The number of nitrogens with two attached hydrogens (primary N) is 1. The Balaban J connectivity index is 1.02. The van der Waals surface area contributed by atoms with E-state index in [4.69, 9.17) is 43.1 Å². The largest absolute Gasteiger partial charge is 0.491 e. The Morgan fingerprint density at radius 1 is 1.04 bits per heavy atom. The van der Waals surface area contributed by atoms with Crippen molar-refractivity contribution in [3.05, 3.63) is 107 Å². The van der Waals surface area contributed by atoms with Crippen LogP contribution in [0.1, 0.15) is 30.5 Å². The second kappa shape index (κ2) is 14.2. The predicted octanol–water partition coefficient (Wildman–Crippen LogP) is 5.98. The maximum Gasteiger partial charge on any atom is 0.312 e. The van der Waals surface area contributed by atoms with Crippen LogP contribution in [0.4, 0.5) is 16.2 Å². The molecule has 0 radical (unpaired) electrons. The van der Waals surface area contributed by atoms with Gasteiger partial charge in [0.25, 0.3) is 0 Å². The van der Waals surface area contributed by atoms with Crippen molar-refractivity contribution in [1.29, 1.82) is 0 Å². The van der Waals surface area contributed by atoms with Gasteiger partial charge in [0.2, 0.25) is 5.79 Å². The number of urea groups is 1. The Morgan fingerprint density at radius 2 is 1.72 bits per heavy atom. The molecule has 0 aliphatic carbocycles. The number of amides is 2. The lowest BCUT2D eigenvalue weighted by molar-refractivity contribution is -0.189. The SMILES string of the molecule is CCC(NC(N)=O)c1ccc(N2CCN(c3ccc(OCC4COC(Cn5ccnc5)(c5ccc(Cl)cc5Cl)O4)cc3)CC2)cc1. The molecule has 0 bridgehead atoms. The lowest BCUT2D eigenvalue weighted by Gasteiger charge is -2.37. The Morgan fingerprint density at radius 3 is 2.30 bits per heavy atom. The van der Waals surface area contributed by atoms with Gasteiger partial charge >= 0.3 is 6.03 Å². The van der Waals surface area contributed by atoms with Gasteiger partial charge < -0.3 is 39.6 Å². The fraction of sp³-hybridized carbons (Fsp3) is 0.353. The number of piperazine rings is 1. The molecule has 1 aromatic heterocycles. The molecule has 3 atom stereocenters. The predicted molar refractivity (Wildman–Crippen MR) is 180 cm³/mol. The molecular weight excluding hydrogens is 627 g/mol. The topological polar surface area (TPSA) is 107 Å². The van der Waals surface area contributed by atoms with E-state index in [-0.39, 0.29) is 12.1 Å². The highest BCUT2D eigenvalue weighted by Gasteiger charge is 2.45. The number of nitrogens with zero attached hydrogens (tertiary/aromatic N) is 4. The van der Waals surface area contributed by atoms with Gasteiger partial charge in [-0.15, -0.1) is 0 Å². The smallest absolute Gasteiger partial charge is 0.312 e. The van der Waals surface area contributed by atoms with Crippen LogP contribution < -0.4 is 25.6 Å². The lowest BCUT2D eigenvalue weighted by Crippen LogP contribution is -2.46. The average molecular weight is 666 g/mol. The number of aromatic nitrogens is 2. The average Bonchev–Trinajstić information content (AvgIpc) is 3.73. The molecule has 0 saturated carbocycles. The summed E-state index contributed by atoms with van der Waals surface area (Å²) in [4.78, 5) is 20.2. The van der Waals surface area contributed by atoms with Crippen molar-refractivity contribution in [3.63, 3.8) is 0 Å². The van der Waals surface area contributed by atoms with Crippen molar-refractivity contribution in [1.82, 2.24) is 14.9 Å². The summed E-state index contributed by atoms with van der Waals surface area (Å²) in [6.07, 6.45) is 5.77. The number of halogens is 2. The van der Waals surface area contributed by atoms with E-state index in [0.717, 1.165) is 49.6 Å². The maximum atomic E-state index is 11.3. The molecule has 6 rings (SSSR count). The lowest BCUT2D eigenvalue weighted by atomic mass is 10.0. The van der Waals surface area contributed by atoms with Gasteiger partial charge in [-0.25, -0.2) is 9.78 Å². The molecule has 2 aliphatic rings. The molecule has 2 fully saturated rings. The minimum atomic E-state index is -1.09. The minimum Gasteiger partial charge on any atom is -0.491 e. The van der Waals surface area contributed by atoms with Gasteiger partial charge in [0.15, 0.2) is 0 Å². The van der Waals surface area contributed by atoms with Crippen molar-refractivity contribution >= 4 is 40.6 Å². The van der Waals surface area contributed by atoms with Crippen LogP contribution in [0.25, 0.3) is 0 Å². The van der Waals surface area contributed by atoms with E-state index < -0.39 is 11.8 Å². The molecular formula is C34H38Cl2N6O4. The van der Waals surface area contributed by atoms with E-state index in [2.05, 4.69) is 56.5 Å². The highest BCUT2D eigenvalue weighted by atomic mass is 35.5. The fourth-order valence-electron chi connectivity index (χ4n) is 6.05. The van der Waals surface area contributed by atoms with Crippen LogP contribution >= 0.6 is 23.2 Å². The zero-order valence-electron chi connectivity index (χ0n) is 25.6. The molecule has 0 spiro atoms. The van der Waals surface area contributed by atoms with Crippen LogP contribution in [0.5, 0.6) is 5.75 Å². The van der Waals surface area contributed by atoms with Crippen LogP contribution in [0.3, 0.4) is 0 Å². The summed E-state index contributed by atoms with van der Waals surface area (Å²) in [5, 5.41) is 3.82. The summed E-state index contributed by atoms with van der Waals surface area (Å²) in [5.74, 6) is -0.330. The monoisotopic (exact) mass is 664 g/mol. The third-order valence-corrected chi connectivity index (χ3v) is 9.00. The molecule has 10 nitrogen and oxygen atoms in total. The summed E-state index contributed by atoms with van der Waals surface area (Å²) in [7, 11) is 0. The first-order chi connectivity index (χ1) is 22.3. The van der Waals surface area contributed by atoms with E-state index in [9.17, 15) is 4.79 Å². The molecule has 3 heterocycles. The zero-order valence-corrected chi connectivity index (χ0v) is 27.2. The summed E-state index contributed by atoms with van der Waals surface area (Å²) < 4.78 is 20.8. The van der Waals surface area contributed by atoms with Crippen LogP contribution in [-0.2, 0) is 21.8 Å². The number of ether oxygens (including phenoxy) is 3. The minimum absolute atomic E-state index is 0.0794. The van der Waals surface area contributed by atoms with Crippen LogP contribution in [0, 0.1) is 0 Å². The van der Waals surface area contributed by atoms with Crippen LogP contribution in [-0.4, -0.2) is 61.1 Å². The highest BCUT2D eigenvalue weighted by Crippen LogP contribution is 2.40. The van der Waals surface area contributed by atoms with E-state index in [1.165, 1.54) is 5.69 Å². The van der Waals surface area contributed by atoms with Crippen molar-refractivity contribution in [2.75, 3.05) is 49.2 Å². The second-order valence-corrected chi connectivity index (χ2v) is 12.3. The third kappa shape index (κ3) is 7.36. The molecule has 46 heavy (non-hydrogen) atoms. The van der Waals surface area contributed by atoms with E-state index in [1.54, 1.807) is 24.7 Å². The molecule has 2 aliphatic heterocycles. The van der Waals surface area contributed by atoms with Gasteiger partial charge in [0, 0.05) is 60.5 Å². The summed E-state index contributed by atoms with van der Waals surface area (Å²) in [6.45, 7) is 6.71. The van der Waals surface area contributed by atoms with Crippen molar-refractivity contribution < 1.29 is 19.0 Å². The highest BCUT2D eigenvalue weighted by molar-refractivity contribution is 6.35. The zero-order chi connectivity index (χ0) is 32.1. The molecule has 2 saturated heterocycles. The summed E-state index contributed by atoms with van der Waals surface area (Å²) in [5.41, 5.74) is 9.42. The van der Waals surface area contributed by atoms with Crippen molar-refractivity contribution in [2.24, 2.45) is 5.73 Å². The Labute approximate surface area is 278 Å². The standard InChI is InChI=1S/C34H38Cl2N6O4/c1-2-32(39-33(37)43)24-3-6-26(7-4-24)41-15-17-42(18-16-41)27-8-10-28(11-9-27)44-20-29-21-45-34(46-29,22-40-14-13-38-23-40)30-12-5-25(35)19-31(30)36/h3-14,19,23,29,32H,2,15-18,20-22H2,1H3,(H3,37,39,43). The number of primary amides is 1. The first-order valence-electron chi connectivity index (χ1n) is 15.4. The first-order valence-corrected chi connectivity index (χ1v) is 16.2. The number of hydrogen-bond donors (Lipinski definition) is 2. The molecule has 3 N–H and O–H groups in total. The maximum absolute atomic E-state index is 11.3. The number of benzene rings is 3. The van der Waals surface area contributed by atoms with Crippen molar-refractivity contribution in [3.8, 4) is 5.75 Å². The quantitative estimate of drug-likeness (QED) is 0.203. The van der Waals surface area contributed by atoms with Gasteiger partial charge in [-0.3, -0.25) is 0 Å². The van der Waals surface area contributed by atoms with E-state index in [0.29, 0.717) is 35.4 Å². The second-order valence-electron chi connectivity index (χ2n) is 11.5. The molecule has 2 amide bonds. The molecule has 3 aromatic carbocycles. The number of nitrogens with one attached hydrogen (secondary N) is 1.